The molecule has 5 heteroatoms. The van der Waals surface area contributed by atoms with Crippen LogP contribution in [0.2, 0.25) is 0 Å². The van der Waals surface area contributed by atoms with Crippen molar-refractivity contribution in [3.63, 3.8) is 0 Å². The largest absolute Gasteiger partial charge is 0.444 e. The smallest absolute Gasteiger partial charge is 0.410 e. The average molecular weight is 290 g/mol. The number of hydrogen-bond donors (Lipinski definition) is 1. The molecule has 2 rings (SSSR count). The number of amides is 1. The topological polar surface area (TPSA) is 62.1 Å². The number of nitrogens with zero attached hydrogens (tertiary/aromatic N) is 2. The van der Waals surface area contributed by atoms with Crippen molar-refractivity contribution in [3.05, 3.63) is 35.9 Å². The summed E-state index contributed by atoms with van der Waals surface area (Å²) in [5.74, 6) is -0.0857. The average Bonchev–Trinajstić information content (AvgIpc) is 2.45. The normalized spacial score (nSPS) is 21.4. The summed E-state index contributed by atoms with van der Waals surface area (Å²) in [4.78, 5) is 13.9. The molecule has 1 unspecified atom stereocenters. The van der Waals surface area contributed by atoms with Crippen LogP contribution in [-0.4, -0.2) is 40.6 Å². The summed E-state index contributed by atoms with van der Waals surface area (Å²) in [7, 11) is 0. The van der Waals surface area contributed by atoms with E-state index >= 15 is 0 Å². The number of rotatable bonds is 1. The van der Waals surface area contributed by atoms with E-state index in [0.717, 1.165) is 5.56 Å². The van der Waals surface area contributed by atoms with Gasteiger partial charge in [-0.15, -0.1) is 0 Å². The first-order valence-corrected chi connectivity index (χ1v) is 7.14. The summed E-state index contributed by atoms with van der Waals surface area (Å²) in [5, 5.41) is 12.6. The van der Waals surface area contributed by atoms with Gasteiger partial charge >= 0.3 is 6.09 Å². The summed E-state index contributed by atoms with van der Waals surface area (Å²) in [6.45, 7) is 6.54. The summed E-state index contributed by atoms with van der Waals surface area (Å²) in [5.41, 5.74) is 1.24. The molecule has 21 heavy (non-hydrogen) atoms. The molecule has 0 aromatic heterocycles. The van der Waals surface area contributed by atoms with Crippen LogP contribution in [-0.2, 0) is 4.74 Å². The molecule has 0 spiro atoms. The van der Waals surface area contributed by atoms with Crippen LogP contribution in [0.25, 0.3) is 0 Å². The summed E-state index contributed by atoms with van der Waals surface area (Å²) >= 11 is 0. The van der Waals surface area contributed by atoms with Crippen molar-refractivity contribution in [2.45, 2.75) is 38.7 Å². The van der Waals surface area contributed by atoms with Crippen LogP contribution in [0.4, 0.5) is 4.79 Å². The first kappa shape index (κ1) is 15.4. The number of benzene rings is 1. The maximum absolute atomic E-state index is 12.2. The predicted molar refractivity (Wildman–Crippen MR) is 80.8 cm³/mol. The Bertz CT molecular complexity index is 520. The molecule has 1 aromatic rings. The first-order chi connectivity index (χ1) is 9.90. The molecule has 1 N–H and O–H groups in total. The fourth-order valence-electron chi connectivity index (χ4n) is 2.44. The number of piperidine rings is 1. The maximum atomic E-state index is 12.2. The van der Waals surface area contributed by atoms with E-state index in [2.05, 4.69) is 5.16 Å². The molecule has 0 saturated carbocycles. The van der Waals surface area contributed by atoms with Gasteiger partial charge in [0.2, 0.25) is 0 Å². The molecule has 1 aliphatic heterocycles. The molecule has 1 heterocycles. The molecule has 1 aliphatic rings. The van der Waals surface area contributed by atoms with E-state index in [9.17, 15) is 10.0 Å². The monoisotopic (exact) mass is 290 g/mol. The Morgan fingerprint density at radius 2 is 2.00 bits per heavy atom. The van der Waals surface area contributed by atoms with Crippen molar-refractivity contribution >= 4 is 11.8 Å². The minimum Gasteiger partial charge on any atom is -0.444 e. The third-order valence-corrected chi connectivity index (χ3v) is 3.43. The van der Waals surface area contributed by atoms with Crippen LogP contribution in [0.1, 0.15) is 38.7 Å². The molecule has 0 bridgehead atoms. The van der Waals surface area contributed by atoms with Crippen molar-refractivity contribution in [2.24, 2.45) is 5.16 Å². The Morgan fingerprint density at radius 1 is 1.33 bits per heavy atom. The number of carbonyl (C=O) groups excluding carboxylic acids is 1. The van der Waals surface area contributed by atoms with Crippen molar-refractivity contribution < 1.29 is 14.7 Å². The molecule has 1 saturated heterocycles. The molecule has 1 fully saturated rings. The molecule has 0 aliphatic carbocycles. The Kier molecular flexibility index (Phi) is 4.50. The highest BCUT2D eigenvalue weighted by Gasteiger charge is 2.32. The third kappa shape index (κ3) is 3.97. The zero-order valence-electron chi connectivity index (χ0n) is 12.7. The Labute approximate surface area is 125 Å². The fraction of sp³-hybridized carbons (Fsp3) is 0.500. The zero-order chi connectivity index (χ0) is 15.5. The number of likely N-dealkylation sites (tertiary alicyclic amines) is 1. The molecule has 5 nitrogen and oxygen atoms in total. The van der Waals surface area contributed by atoms with Gasteiger partial charge in [-0.1, -0.05) is 35.5 Å². The van der Waals surface area contributed by atoms with Gasteiger partial charge in [-0.2, -0.15) is 0 Å². The summed E-state index contributed by atoms with van der Waals surface area (Å²) in [6.07, 6.45) is 0.232. The lowest BCUT2D eigenvalue weighted by Gasteiger charge is -2.34. The number of hydrogen-bond acceptors (Lipinski definition) is 4. The molecular weight excluding hydrogens is 268 g/mol. The summed E-state index contributed by atoms with van der Waals surface area (Å²) < 4.78 is 5.41. The van der Waals surface area contributed by atoms with Crippen LogP contribution in [0.5, 0.6) is 0 Å². The fourth-order valence-corrected chi connectivity index (χ4v) is 2.44. The van der Waals surface area contributed by atoms with Crippen LogP contribution in [0.15, 0.2) is 35.5 Å². The zero-order valence-corrected chi connectivity index (χ0v) is 12.7. The lowest BCUT2D eigenvalue weighted by atomic mass is 9.89. The van der Waals surface area contributed by atoms with Crippen LogP contribution < -0.4 is 0 Å². The standard InChI is InChI=1S/C16H22N2O3/c1-16(2,3)21-15(19)18-10-9-14(17-20)13(11-18)12-7-5-4-6-8-12/h4-8,13,20H,9-11H2,1-3H3/b17-14+. The van der Waals surface area contributed by atoms with E-state index in [4.69, 9.17) is 4.74 Å². The lowest BCUT2D eigenvalue weighted by molar-refractivity contribution is 0.0238. The highest BCUT2D eigenvalue weighted by Crippen LogP contribution is 2.26. The first-order valence-electron chi connectivity index (χ1n) is 7.14. The number of oxime groups is 1. The molecular formula is C16H22N2O3. The van der Waals surface area contributed by atoms with Crippen LogP contribution in [0, 0.1) is 0 Å². The second-order valence-corrected chi connectivity index (χ2v) is 6.23. The van der Waals surface area contributed by atoms with Gasteiger partial charge in [0.25, 0.3) is 0 Å². The van der Waals surface area contributed by atoms with Gasteiger partial charge in [0.1, 0.15) is 5.60 Å². The highest BCUT2D eigenvalue weighted by atomic mass is 16.6. The van der Waals surface area contributed by atoms with Crippen LogP contribution >= 0.6 is 0 Å². The predicted octanol–water partition coefficient (Wildman–Crippen LogP) is 3.24. The SMILES string of the molecule is CC(C)(C)OC(=O)N1CC/C(=N\O)C(c2ccccc2)C1. The van der Waals surface area contributed by atoms with E-state index in [1.54, 1.807) is 4.90 Å². The number of ether oxygens (including phenoxy) is 1. The molecule has 1 atom stereocenters. The van der Waals surface area contributed by atoms with Gasteiger partial charge in [0.05, 0.1) is 5.71 Å². The van der Waals surface area contributed by atoms with Crippen molar-refractivity contribution in [1.82, 2.24) is 4.90 Å². The maximum Gasteiger partial charge on any atom is 0.410 e. The number of carbonyl (C=O) groups is 1. The van der Waals surface area contributed by atoms with E-state index in [1.807, 2.05) is 51.1 Å². The van der Waals surface area contributed by atoms with E-state index < -0.39 is 5.60 Å². The second-order valence-electron chi connectivity index (χ2n) is 6.23. The van der Waals surface area contributed by atoms with Gasteiger partial charge in [-0.3, -0.25) is 0 Å². The molecule has 114 valence electrons. The van der Waals surface area contributed by atoms with Crippen molar-refractivity contribution in [3.8, 4) is 0 Å². The van der Waals surface area contributed by atoms with Crippen molar-refractivity contribution in [2.75, 3.05) is 13.1 Å². The van der Waals surface area contributed by atoms with E-state index in [1.165, 1.54) is 0 Å². The molecule has 1 aromatic carbocycles. The third-order valence-electron chi connectivity index (χ3n) is 3.43. The lowest BCUT2D eigenvalue weighted by Crippen LogP contribution is -2.45. The molecule has 0 radical (unpaired) electrons. The Hall–Kier alpha value is -2.04. The van der Waals surface area contributed by atoms with Crippen LogP contribution in [0.3, 0.4) is 0 Å². The van der Waals surface area contributed by atoms with Gasteiger partial charge < -0.3 is 14.8 Å². The van der Waals surface area contributed by atoms with Gasteiger partial charge in [-0.25, -0.2) is 4.79 Å². The summed E-state index contributed by atoms with van der Waals surface area (Å²) in [6, 6.07) is 9.78. The van der Waals surface area contributed by atoms with Gasteiger partial charge in [-0.05, 0) is 26.3 Å². The highest BCUT2D eigenvalue weighted by molar-refractivity contribution is 5.92. The molecule has 1 amide bonds. The van der Waals surface area contributed by atoms with Gasteiger partial charge in [0, 0.05) is 25.4 Å². The Balaban J connectivity index is 2.14. The second kappa shape index (κ2) is 6.16. The minimum absolute atomic E-state index is 0.0857. The van der Waals surface area contributed by atoms with Crippen molar-refractivity contribution in [1.29, 1.82) is 0 Å². The minimum atomic E-state index is -0.509. The van der Waals surface area contributed by atoms with E-state index in [-0.39, 0.29) is 12.0 Å². The Morgan fingerprint density at radius 3 is 2.57 bits per heavy atom. The quantitative estimate of drug-likeness (QED) is 0.638. The van der Waals surface area contributed by atoms with E-state index in [0.29, 0.717) is 25.2 Å². The van der Waals surface area contributed by atoms with Gasteiger partial charge in [0.15, 0.2) is 0 Å².